The Balaban J connectivity index is 2.33. The molecule has 106 valence electrons. The second-order valence-corrected chi connectivity index (χ2v) is 5.55. The Labute approximate surface area is 115 Å². The monoisotopic (exact) mass is 264 g/mol. The average molecular weight is 264 g/mol. The molecule has 3 heteroatoms. The largest absolute Gasteiger partial charge is 0.394 e. The van der Waals surface area contributed by atoms with Gasteiger partial charge in [-0.15, -0.1) is 0 Å². The van der Waals surface area contributed by atoms with E-state index in [4.69, 9.17) is 9.47 Å². The van der Waals surface area contributed by atoms with Crippen LogP contribution in [0.5, 0.6) is 0 Å². The van der Waals surface area contributed by atoms with E-state index in [2.05, 4.69) is 39.8 Å². The van der Waals surface area contributed by atoms with Crippen molar-refractivity contribution in [1.29, 1.82) is 0 Å². The molecule has 0 unspecified atom stereocenters. The van der Waals surface area contributed by atoms with Crippen molar-refractivity contribution in [3.05, 3.63) is 35.4 Å². The van der Waals surface area contributed by atoms with Crippen LogP contribution >= 0.6 is 0 Å². The third kappa shape index (κ3) is 2.55. The van der Waals surface area contributed by atoms with Gasteiger partial charge in [-0.25, -0.2) is 0 Å². The van der Waals surface area contributed by atoms with Crippen molar-refractivity contribution in [1.82, 2.24) is 0 Å². The zero-order chi connectivity index (χ0) is 14.0. The Kier molecular flexibility index (Phi) is 4.29. The van der Waals surface area contributed by atoms with Crippen molar-refractivity contribution in [3.8, 4) is 0 Å². The number of ether oxygens (including phenoxy) is 2. The standard InChI is InChI=1S/C16H24O3/c1-5-16(11(2)3)18-14(10-17)15(19-16)13-9-7-6-8-12(13)4/h6-9,11,14-15,17H,5,10H2,1-4H3/t14-,15-,16-/m0/s1. The molecule has 1 saturated heterocycles. The highest BCUT2D eigenvalue weighted by Gasteiger charge is 2.48. The number of aliphatic hydroxyl groups excluding tert-OH is 1. The second kappa shape index (κ2) is 5.61. The lowest BCUT2D eigenvalue weighted by Gasteiger charge is -2.31. The van der Waals surface area contributed by atoms with Gasteiger partial charge in [-0.2, -0.15) is 0 Å². The Bertz CT molecular complexity index is 430. The highest BCUT2D eigenvalue weighted by atomic mass is 16.8. The summed E-state index contributed by atoms with van der Waals surface area (Å²) in [7, 11) is 0. The topological polar surface area (TPSA) is 38.7 Å². The number of benzene rings is 1. The maximum atomic E-state index is 9.59. The molecule has 3 nitrogen and oxygen atoms in total. The first-order chi connectivity index (χ1) is 9.04. The van der Waals surface area contributed by atoms with Crippen LogP contribution in [-0.2, 0) is 9.47 Å². The van der Waals surface area contributed by atoms with Crippen molar-refractivity contribution in [2.75, 3.05) is 6.61 Å². The summed E-state index contributed by atoms with van der Waals surface area (Å²) in [5.41, 5.74) is 2.28. The third-order valence-corrected chi connectivity index (χ3v) is 4.06. The number of hydrogen-bond donors (Lipinski definition) is 1. The molecule has 0 radical (unpaired) electrons. The summed E-state index contributed by atoms with van der Waals surface area (Å²) in [4.78, 5) is 0. The van der Waals surface area contributed by atoms with E-state index in [0.717, 1.165) is 12.0 Å². The number of hydrogen-bond acceptors (Lipinski definition) is 3. The van der Waals surface area contributed by atoms with Gasteiger partial charge in [0, 0.05) is 5.92 Å². The first-order valence-electron chi connectivity index (χ1n) is 7.06. The van der Waals surface area contributed by atoms with Crippen molar-refractivity contribution >= 4 is 0 Å². The molecule has 1 N–H and O–H groups in total. The summed E-state index contributed by atoms with van der Waals surface area (Å²) in [5, 5.41) is 9.59. The van der Waals surface area contributed by atoms with Crippen molar-refractivity contribution in [2.45, 2.75) is 52.1 Å². The molecule has 0 saturated carbocycles. The lowest BCUT2D eigenvalue weighted by molar-refractivity contribution is -0.208. The van der Waals surface area contributed by atoms with E-state index in [1.165, 1.54) is 5.56 Å². The molecule has 0 amide bonds. The van der Waals surface area contributed by atoms with Gasteiger partial charge in [0.05, 0.1) is 6.61 Å². The molecule has 1 aliphatic heterocycles. The quantitative estimate of drug-likeness (QED) is 0.907. The predicted octanol–water partition coefficient (Wildman–Crippen LogP) is 3.21. The summed E-state index contributed by atoms with van der Waals surface area (Å²) < 4.78 is 12.3. The number of rotatable bonds is 4. The molecule has 0 aromatic heterocycles. The maximum absolute atomic E-state index is 9.59. The Morgan fingerprint density at radius 3 is 2.47 bits per heavy atom. The van der Waals surface area contributed by atoms with Gasteiger partial charge in [0.1, 0.15) is 12.2 Å². The molecular weight excluding hydrogens is 240 g/mol. The van der Waals surface area contributed by atoms with Crippen LogP contribution in [0.4, 0.5) is 0 Å². The van der Waals surface area contributed by atoms with Crippen LogP contribution < -0.4 is 0 Å². The molecule has 3 atom stereocenters. The molecule has 0 aliphatic carbocycles. The van der Waals surface area contributed by atoms with Gasteiger partial charge in [0.2, 0.25) is 0 Å². The minimum Gasteiger partial charge on any atom is -0.394 e. The molecule has 0 spiro atoms. The van der Waals surface area contributed by atoms with E-state index in [0.29, 0.717) is 0 Å². The molecule has 1 aromatic carbocycles. The molecule has 0 bridgehead atoms. The maximum Gasteiger partial charge on any atom is 0.171 e. The lowest BCUT2D eigenvalue weighted by atomic mass is 9.99. The summed E-state index contributed by atoms with van der Waals surface area (Å²) in [5.74, 6) is -0.332. The van der Waals surface area contributed by atoms with Crippen LogP contribution in [0.3, 0.4) is 0 Å². The van der Waals surface area contributed by atoms with E-state index >= 15 is 0 Å². The zero-order valence-electron chi connectivity index (χ0n) is 12.2. The van der Waals surface area contributed by atoms with Crippen LogP contribution in [0.25, 0.3) is 0 Å². The van der Waals surface area contributed by atoms with Gasteiger partial charge in [0.25, 0.3) is 0 Å². The molecule has 2 rings (SSSR count). The molecule has 1 heterocycles. The van der Waals surface area contributed by atoms with E-state index in [1.54, 1.807) is 0 Å². The number of aliphatic hydroxyl groups is 1. The van der Waals surface area contributed by atoms with Crippen molar-refractivity contribution < 1.29 is 14.6 Å². The lowest BCUT2D eigenvalue weighted by Crippen LogP contribution is -2.36. The van der Waals surface area contributed by atoms with Gasteiger partial charge >= 0.3 is 0 Å². The van der Waals surface area contributed by atoms with Gasteiger partial charge in [-0.05, 0) is 24.5 Å². The predicted molar refractivity (Wildman–Crippen MR) is 74.8 cm³/mol. The molecule has 1 aliphatic rings. The zero-order valence-corrected chi connectivity index (χ0v) is 12.2. The molecular formula is C16H24O3. The van der Waals surface area contributed by atoms with Crippen LogP contribution in [-0.4, -0.2) is 23.6 Å². The van der Waals surface area contributed by atoms with Crippen LogP contribution in [0, 0.1) is 12.8 Å². The fourth-order valence-electron chi connectivity index (χ4n) is 2.79. The van der Waals surface area contributed by atoms with Crippen molar-refractivity contribution in [3.63, 3.8) is 0 Å². The van der Waals surface area contributed by atoms with Crippen LogP contribution in [0.2, 0.25) is 0 Å². The Morgan fingerprint density at radius 2 is 1.95 bits per heavy atom. The fraction of sp³-hybridized carbons (Fsp3) is 0.625. The van der Waals surface area contributed by atoms with Crippen LogP contribution in [0.15, 0.2) is 24.3 Å². The molecule has 1 aromatic rings. The first kappa shape index (κ1) is 14.5. The Morgan fingerprint density at radius 1 is 1.26 bits per heavy atom. The second-order valence-electron chi connectivity index (χ2n) is 5.55. The van der Waals surface area contributed by atoms with E-state index < -0.39 is 5.79 Å². The minimum absolute atomic E-state index is 0.0204. The van der Waals surface area contributed by atoms with E-state index in [-0.39, 0.29) is 24.7 Å². The molecule has 1 fully saturated rings. The summed E-state index contributed by atoms with van der Waals surface area (Å²) >= 11 is 0. The fourth-order valence-corrected chi connectivity index (χ4v) is 2.79. The molecule has 19 heavy (non-hydrogen) atoms. The highest BCUT2D eigenvalue weighted by Crippen LogP contribution is 2.44. The van der Waals surface area contributed by atoms with E-state index in [9.17, 15) is 5.11 Å². The van der Waals surface area contributed by atoms with Crippen molar-refractivity contribution in [2.24, 2.45) is 5.92 Å². The summed E-state index contributed by atoms with van der Waals surface area (Å²) in [6.07, 6.45) is 0.306. The summed E-state index contributed by atoms with van der Waals surface area (Å²) in [6.45, 7) is 8.30. The van der Waals surface area contributed by atoms with Gasteiger partial charge in [-0.3, -0.25) is 0 Å². The van der Waals surface area contributed by atoms with Gasteiger partial charge in [-0.1, -0.05) is 45.0 Å². The minimum atomic E-state index is -0.583. The third-order valence-electron chi connectivity index (χ3n) is 4.06. The average Bonchev–Trinajstić information content (AvgIpc) is 2.79. The smallest absolute Gasteiger partial charge is 0.171 e. The van der Waals surface area contributed by atoms with Gasteiger partial charge in [0.15, 0.2) is 5.79 Å². The van der Waals surface area contributed by atoms with E-state index in [1.807, 2.05) is 12.1 Å². The first-order valence-corrected chi connectivity index (χ1v) is 7.06. The Hall–Kier alpha value is -0.900. The van der Waals surface area contributed by atoms with Gasteiger partial charge < -0.3 is 14.6 Å². The number of aryl methyl sites for hydroxylation is 1. The SMILES string of the molecule is CC[C@]1(C(C)C)O[C@@H](CO)[C@H](c2ccccc2C)O1. The highest BCUT2D eigenvalue weighted by molar-refractivity contribution is 5.29. The van der Waals surface area contributed by atoms with Crippen LogP contribution in [0.1, 0.15) is 44.4 Å². The normalized spacial score (nSPS) is 31.1. The summed E-state index contributed by atoms with van der Waals surface area (Å²) in [6, 6.07) is 8.13.